The fraction of sp³-hybridized carbons (Fsp3) is 0.0952. The van der Waals surface area contributed by atoms with Crippen LogP contribution < -0.4 is 22.3 Å². The van der Waals surface area contributed by atoms with Gasteiger partial charge in [0.25, 0.3) is 5.56 Å². The van der Waals surface area contributed by atoms with Gasteiger partial charge in [0.2, 0.25) is 5.95 Å². The third-order valence-corrected chi connectivity index (χ3v) is 5.42. The summed E-state index contributed by atoms with van der Waals surface area (Å²) in [5.74, 6) is 0.356. The van der Waals surface area contributed by atoms with Crippen LogP contribution in [0, 0.1) is 0 Å². The minimum absolute atomic E-state index is 0.00246. The topological polar surface area (TPSA) is 112 Å². The SMILES string of the molecule is CC(Nc1nc(N)nc(N)c1Cl)c1cc2cccc(Cl)c2c(=O)n1-c1ccccc1. The Morgan fingerprint density at radius 2 is 1.77 bits per heavy atom. The molecule has 0 aliphatic heterocycles. The molecule has 4 rings (SSSR count). The molecule has 0 bridgehead atoms. The van der Waals surface area contributed by atoms with Crippen molar-refractivity contribution in [2.45, 2.75) is 13.0 Å². The number of para-hydroxylation sites is 1. The molecule has 0 aliphatic carbocycles. The number of nitrogen functional groups attached to an aromatic ring is 2. The predicted molar refractivity (Wildman–Crippen MR) is 122 cm³/mol. The van der Waals surface area contributed by atoms with E-state index in [9.17, 15) is 4.79 Å². The quantitative estimate of drug-likeness (QED) is 0.432. The van der Waals surface area contributed by atoms with Crippen molar-refractivity contribution in [3.63, 3.8) is 0 Å². The molecule has 2 aromatic carbocycles. The molecule has 0 saturated heterocycles. The van der Waals surface area contributed by atoms with Gasteiger partial charge in [-0.25, -0.2) is 0 Å². The highest BCUT2D eigenvalue weighted by molar-refractivity contribution is 6.35. The summed E-state index contributed by atoms with van der Waals surface area (Å²) < 4.78 is 1.62. The predicted octanol–water partition coefficient (Wildman–Crippen LogP) is 4.43. The van der Waals surface area contributed by atoms with E-state index >= 15 is 0 Å². The highest BCUT2D eigenvalue weighted by atomic mass is 35.5. The van der Waals surface area contributed by atoms with Crippen LogP contribution in [0.1, 0.15) is 18.7 Å². The molecule has 5 N–H and O–H groups in total. The maximum absolute atomic E-state index is 13.5. The molecular formula is C21H18Cl2N6O. The summed E-state index contributed by atoms with van der Waals surface area (Å²) >= 11 is 12.6. The van der Waals surface area contributed by atoms with E-state index in [2.05, 4.69) is 15.3 Å². The zero-order chi connectivity index (χ0) is 21.4. The fourth-order valence-electron chi connectivity index (χ4n) is 3.36. The van der Waals surface area contributed by atoms with Crippen molar-refractivity contribution in [1.82, 2.24) is 14.5 Å². The number of anilines is 3. The van der Waals surface area contributed by atoms with Gasteiger partial charge in [0.05, 0.1) is 16.5 Å². The molecule has 9 heteroatoms. The Labute approximate surface area is 182 Å². The summed E-state index contributed by atoms with van der Waals surface area (Å²) in [7, 11) is 0. The monoisotopic (exact) mass is 440 g/mol. The Morgan fingerprint density at radius 1 is 1.03 bits per heavy atom. The Morgan fingerprint density at radius 3 is 2.50 bits per heavy atom. The molecule has 152 valence electrons. The van der Waals surface area contributed by atoms with E-state index in [1.54, 1.807) is 10.6 Å². The van der Waals surface area contributed by atoms with Crippen LogP contribution in [-0.4, -0.2) is 14.5 Å². The Bertz CT molecular complexity index is 1310. The highest BCUT2D eigenvalue weighted by Gasteiger charge is 2.19. The average Bonchev–Trinajstić information content (AvgIpc) is 2.72. The maximum Gasteiger partial charge on any atom is 0.264 e. The number of fused-ring (bicyclic) bond motifs is 1. The maximum atomic E-state index is 13.5. The number of halogens is 2. The smallest absolute Gasteiger partial charge is 0.264 e. The molecule has 0 saturated carbocycles. The molecule has 2 heterocycles. The first-order valence-electron chi connectivity index (χ1n) is 9.11. The number of aromatic nitrogens is 3. The van der Waals surface area contributed by atoms with Gasteiger partial charge in [-0.3, -0.25) is 9.36 Å². The fourth-order valence-corrected chi connectivity index (χ4v) is 3.76. The number of nitrogens with two attached hydrogens (primary N) is 2. The molecule has 2 aromatic heterocycles. The average molecular weight is 441 g/mol. The van der Waals surface area contributed by atoms with Crippen LogP contribution in [0.4, 0.5) is 17.6 Å². The van der Waals surface area contributed by atoms with Crippen LogP contribution >= 0.6 is 23.2 Å². The van der Waals surface area contributed by atoms with Crippen LogP contribution in [0.3, 0.4) is 0 Å². The molecule has 0 spiro atoms. The summed E-state index contributed by atoms with van der Waals surface area (Å²) in [6, 6.07) is 16.2. The van der Waals surface area contributed by atoms with E-state index in [1.165, 1.54) is 0 Å². The number of benzene rings is 2. The van der Waals surface area contributed by atoms with Gasteiger partial charge in [0.15, 0.2) is 5.82 Å². The normalized spacial score (nSPS) is 12.1. The lowest BCUT2D eigenvalue weighted by Crippen LogP contribution is -2.26. The number of rotatable bonds is 4. The zero-order valence-electron chi connectivity index (χ0n) is 15.9. The molecule has 7 nitrogen and oxygen atoms in total. The molecule has 0 radical (unpaired) electrons. The third kappa shape index (κ3) is 3.53. The summed E-state index contributed by atoms with van der Waals surface area (Å²) in [4.78, 5) is 21.4. The van der Waals surface area contributed by atoms with E-state index in [0.29, 0.717) is 21.8 Å². The van der Waals surface area contributed by atoms with Gasteiger partial charge in [-0.1, -0.05) is 53.5 Å². The number of pyridine rings is 1. The molecule has 0 fully saturated rings. The number of hydrogen-bond acceptors (Lipinski definition) is 6. The summed E-state index contributed by atoms with van der Waals surface area (Å²) in [5.41, 5.74) is 12.7. The van der Waals surface area contributed by atoms with Gasteiger partial charge in [-0.2, -0.15) is 9.97 Å². The minimum atomic E-state index is -0.382. The Hall–Kier alpha value is -3.29. The van der Waals surface area contributed by atoms with Crippen molar-refractivity contribution in [2.24, 2.45) is 0 Å². The van der Waals surface area contributed by atoms with Crippen LogP contribution in [0.2, 0.25) is 10.0 Å². The lowest BCUT2D eigenvalue weighted by molar-refractivity contribution is 0.773. The second kappa shape index (κ2) is 7.85. The van der Waals surface area contributed by atoms with Crippen molar-refractivity contribution in [3.8, 4) is 5.69 Å². The van der Waals surface area contributed by atoms with Crippen molar-refractivity contribution in [3.05, 3.63) is 80.7 Å². The van der Waals surface area contributed by atoms with E-state index in [-0.39, 0.29) is 34.2 Å². The van der Waals surface area contributed by atoms with E-state index in [1.807, 2.05) is 55.5 Å². The minimum Gasteiger partial charge on any atom is -0.382 e. The largest absolute Gasteiger partial charge is 0.382 e. The molecule has 0 amide bonds. The standard InChI is InChI=1S/C21H18Cl2N6O/c1-11(26-19-17(23)18(24)27-21(25)28-19)15-10-12-6-5-9-14(22)16(12)20(30)29(15)13-7-3-2-4-8-13/h2-11H,1H3,(H5,24,25,26,27,28). The van der Waals surface area contributed by atoms with E-state index < -0.39 is 0 Å². The van der Waals surface area contributed by atoms with E-state index in [4.69, 9.17) is 34.7 Å². The van der Waals surface area contributed by atoms with Crippen LogP contribution in [0.25, 0.3) is 16.5 Å². The van der Waals surface area contributed by atoms with Crippen molar-refractivity contribution < 1.29 is 0 Å². The summed E-state index contributed by atoms with van der Waals surface area (Å²) in [6.07, 6.45) is 0. The number of nitrogens with one attached hydrogen (secondary N) is 1. The second-order valence-corrected chi connectivity index (χ2v) is 7.53. The van der Waals surface area contributed by atoms with Crippen molar-refractivity contribution in [2.75, 3.05) is 16.8 Å². The third-order valence-electron chi connectivity index (χ3n) is 4.73. The Balaban J connectivity index is 1.93. The second-order valence-electron chi connectivity index (χ2n) is 6.75. The molecule has 1 unspecified atom stereocenters. The van der Waals surface area contributed by atoms with Gasteiger partial charge < -0.3 is 16.8 Å². The highest BCUT2D eigenvalue weighted by Crippen LogP contribution is 2.30. The van der Waals surface area contributed by atoms with Gasteiger partial charge in [-0.05, 0) is 36.6 Å². The first kappa shape index (κ1) is 20.0. The van der Waals surface area contributed by atoms with Gasteiger partial charge in [0.1, 0.15) is 10.8 Å². The van der Waals surface area contributed by atoms with Crippen LogP contribution in [0.5, 0.6) is 0 Å². The summed E-state index contributed by atoms with van der Waals surface area (Å²) in [6.45, 7) is 1.88. The number of hydrogen-bond donors (Lipinski definition) is 3. The lowest BCUT2D eigenvalue weighted by Gasteiger charge is -2.22. The summed E-state index contributed by atoms with van der Waals surface area (Å²) in [5, 5.41) is 4.93. The lowest BCUT2D eigenvalue weighted by atomic mass is 10.1. The van der Waals surface area contributed by atoms with Crippen molar-refractivity contribution in [1.29, 1.82) is 0 Å². The first-order chi connectivity index (χ1) is 14.4. The Kier molecular flexibility index (Phi) is 5.24. The van der Waals surface area contributed by atoms with Gasteiger partial charge in [-0.15, -0.1) is 0 Å². The van der Waals surface area contributed by atoms with Gasteiger partial charge >= 0.3 is 0 Å². The molecule has 0 aliphatic rings. The molecule has 30 heavy (non-hydrogen) atoms. The number of nitrogens with zero attached hydrogens (tertiary/aromatic N) is 3. The van der Waals surface area contributed by atoms with Crippen LogP contribution in [-0.2, 0) is 0 Å². The zero-order valence-corrected chi connectivity index (χ0v) is 17.4. The van der Waals surface area contributed by atoms with Gasteiger partial charge in [0, 0.05) is 11.4 Å². The van der Waals surface area contributed by atoms with Crippen molar-refractivity contribution >= 4 is 51.6 Å². The molecule has 4 aromatic rings. The molecular weight excluding hydrogens is 423 g/mol. The molecule has 1 atom stereocenters. The first-order valence-corrected chi connectivity index (χ1v) is 9.87. The van der Waals surface area contributed by atoms with Crippen LogP contribution in [0.15, 0.2) is 59.4 Å². The van der Waals surface area contributed by atoms with E-state index in [0.717, 1.165) is 5.39 Å².